The average molecular weight is 361 g/mol. The van der Waals surface area contributed by atoms with Crippen LogP contribution in [0.3, 0.4) is 0 Å². The second-order valence-electron chi connectivity index (χ2n) is 6.85. The molecule has 4 nitrogen and oxygen atoms in total. The van der Waals surface area contributed by atoms with Gasteiger partial charge in [0.2, 0.25) is 0 Å². The first kappa shape index (κ1) is 17.5. The maximum atomic E-state index is 10.00. The summed E-state index contributed by atoms with van der Waals surface area (Å²) in [6.45, 7) is 6.30. The van der Waals surface area contributed by atoms with Gasteiger partial charge in [0.05, 0.1) is 16.7 Å². The summed E-state index contributed by atoms with van der Waals surface area (Å²) in [5, 5.41) is 17.8. The van der Waals surface area contributed by atoms with Crippen molar-refractivity contribution in [1.29, 1.82) is 5.26 Å². The number of aliphatic imine (C=N–C) groups is 1. The molecule has 6 heteroatoms. The molecule has 1 spiro atoms. The summed E-state index contributed by atoms with van der Waals surface area (Å²) in [5.74, 6) is 0.581. The average Bonchev–Trinajstić information content (AvgIpc) is 2.93. The lowest BCUT2D eigenvalue weighted by atomic mass is 9.64. The van der Waals surface area contributed by atoms with Crippen molar-refractivity contribution >= 4 is 29.4 Å². The van der Waals surface area contributed by atoms with Gasteiger partial charge in [0, 0.05) is 21.9 Å². The molecule has 1 fully saturated rings. The van der Waals surface area contributed by atoms with Gasteiger partial charge in [-0.3, -0.25) is 0 Å². The highest BCUT2D eigenvalue weighted by Crippen LogP contribution is 2.54. The van der Waals surface area contributed by atoms with E-state index in [1.807, 2.05) is 6.92 Å². The molecule has 0 atom stereocenters. The van der Waals surface area contributed by atoms with Crippen LogP contribution >= 0.6 is 23.5 Å². The summed E-state index contributed by atoms with van der Waals surface area (Å²) >= 11 is 3.31. The third-order valence-electron chi connectivity index (χ3n) is 4.71. The van der Waals surface area contributed by atoms with Crippen molar-refractivity contribution < 1.29 is 0 Å². The van der Waals surface area contributed by atoms with E-state index in [0.29, 0.717) is 11.1 Å². The van der Waals surface area contributed by atoms with E-state index in [4.69, 9.17) is 5.73 Å². The topological polar surface area (TPSA) is 74.2 Å². The minimum atomic E-state index is -0.274. The predicted molar refractivity (Wildman–Crippen MR) is 104 cm³/mol. The van der Waals surface area contributed by atoms with Crippen LogP contribution < -0.4 is 11.1 Å². The number of thioether (sulfide) groups is 2. The molecule has 0 saturated heterocycles. The Bertz CT molecular complexity index is 701. The molecular formula is C18H24N4S2. The zero-order valence-electron chi connectivity index (χ0n) is 14.5. The highest BCUT2D eigenvalue weighted by Gasteiger charge is 2.47. The molecule has 3 aliphatic rings. The Morgan fingerprint density at radius 1 is 1.38 bits per heavy atom. The Morgan fingerprint density at radius 2 is 2.08 bits per heavy atom. The molecule has 128 valence electrons. The minimum absolute atomic E-state index is 0.274. The predicted octanol–water partition coefficient (Wildman–Crippen LogP) is 4.59. The first-order valence-electron chi connectivity index (χ1n) is 8.49. The molecule has 2 heterocycles. The van der Waals surface area contributed by atoms with Crippen molar-refractivity contribution in [3.63, 3.8) is 0 Å². The smallest absolute Gasteiger partial charge is 0.131 e. The highest BCUT2D eigenvalue weighted by molar-refractivity contribution is 8.06. The largest absolute Gasteiger partial charge is 0.383 e. The number of nitrogens with zero attached hydrogens (tertiary/aromatic N) is 2. The van der Waals surface area contributed by atoms with E-state index < -0.39 is 0 Å². The van der Waals surface area contributed by atoms with E-state index in [1.165, 1.54) is 6.42 Å². The van der Waals surface area contributed by atoms with Crippen LogP contribution in [0.15, 0.2) is 37.3 Å². The van der Waals surface area contributed by atoms with Crippen molar-refractivity contribution in [2.75, 3.05) is 0 Å². The SMILES string of the molecule is CC1=CSC(=C2C(N)=NC(SC(C)C)=C(C#N)C23CCCCC3)N1. The van der Waals surface area contributed by atoms with E-state index in [0.717, 1.165) is 52.6 Å². The van der Waals surface area contributed by atoms with Crippen LogP contribution in [0, 0.1) is 16.7 Å². The normalized spacial score (nSPS) is 26.3. The van der Waals surface area contributed by atoms with E-state index in [9.17, 15) is 5.26 Å². The lowest BCUT2D eigenvalue weighted by molar-refractivity contribution is 0.301. The molecule has 24 heavy (non-hydrogen) atoms. The Kier molecular flexibility index (Phi) is 5.03. The number of nitrogens with two attached hydrogens (primary N) is 1. The minimum Gasteiger partial charge on any atom is -0.383 e. The van der Waals surface area contributed by atoms with Crippen LogP contribution in [0.1, 0.15) is 52.9 Å². The van der Waals surface area contributed by atoms with Gasteiger partial charge < -0.3 is 11.1 Å². The van der Waals surface area contributed by atoms with Gasteiger partial charge in [-0.15, -0.1) is 11.8 Å². The third kappa shape index (κ3) is 3.00. The van der Waals surface area contributed by atoms with Gasteiger partial charge in [0.1, 0.15) is 10.9 Å². The van der Waals surface area contributed by atoms with Crippen LogP contribution in [-0.2, 0) is 0 Å². The summed E-state index contributed by atoms with van der Waals surface area (Å²) in [7, 11) is 0. The molecule has 0 aromatic carbocycles. The van der Waals surface area contributed by atoms with Crippen LogP contribution in [0.4, 0.5) is 0 Å². The molecule has 0 radical (unpaired) electrons. The zero-order chi connectivity index (χ0) is 17.3. The number of hydrogen-bond donors (Lipinski definition) is 2. The van der Waals surface area contributed by atoms with Crippen LogP contribution in [0.25, 0.3) is 0 Å². The van der Waals surface area contributed by atoms with Gasteiger partial charge in [-0.1, -0.05) is 44.9 Å². The second kappa shape index (κ2) is 6.89. The van der Waals surface area contributed by atoms with E-state index in [1.54, 1.807) is 23.5 Å². The first-order chi connectivity index (χ1) is 11.5. The number of allylic oxidation sites excluding steroid dienone is 2. The number of nitriles is 1. The quantitative estimate of drug-likeness (QED) is 0.753. The van der Waals surface area contributed by atoms with E-state index in [2.05, 4.69) is 35.6 Å². The van der Waals surface area contributed by atoms with Crippen LogP contribution in [0.5, 0.6) is 0 Å². The van der Waals surface area contributed by atoms with Crippen molar-refractivity contribution in [3.05, 3.63) is 32.3 Å². The van der Waals surface area contributed by atoms with Gasteiger partial charge in [-0.05, 0) is 25.2 Å². The molecule has 1 aliphatic carbocycles. The summed E-state index contributed by atoms with van der Waals surface area (Å²) in [5.41, 5.74) is 9.16. The Balaban J connectivity index is 2.17. The Hall–Kier alpha value is -1.32. The number of rotatable bonds is 2. The number of hydrogen-bond acceptors (Lipinski definition) is 6. The van der Waals surface area contributed by atoms with Crippen LogP contribution in [0.2, 0.25) is 0 Å². The lowest BCUT2D eigenvalue weighted by Crippen LogP contribution is -2.40. The molecule has 0 aromatic rings. The molecule has 3 N–H and O–H groups in total. The molecule has 0 amide bonds. The Labute approximate surface area is 152 Å². The molecule has 0 aromatic heterocycles. The highest BCUT2D eigenvalue weighted by atomic mass is 32.2. The molecule has 0 bridgehead atoms. The van der Waals surface area contributed by atoms with Gasteiger partial charge in [0.25, 0.3) is 0 Å². The summed E-state index contributed by atoms with van der Waals surface area (Å²) < 4.78 is 0. The van der Waals surface area contributed by atoms with Crippen molar-refractivity contribution in [2.45, 2.75) is 58.1 Å². The molecule has 0 unspecified atom stereocenters. The number of amidine groups is 1. The van der Waals surface area contributed by atoms with Crippen molar-refractivity contribution in [1.82, 2.24) is 5.32 Å². The fraction of sp³-hybridized carbons (Fsp3) is 0.556. The van der Waals surface area contributed by atoms with Gasteiger partial charge in [0.15, 0.2) is 0 Å². The Morgan fingerprint density at radius 3 is 2.62 bits per heavy atom. The van der Waals surface area contributed by atoms with Crippen LogP contribution in [-0.4, -0.2) is 11.1 Å². The van der Waals surface area contributed by atoms with E-state index >= 15 is 0 Å². The molecular weight excluding hydrogens is 336 g/mol. The standard InChI is InChI=1S/C18H24N4S2/c1-11(2)24-16-13(9-19)18(7-5-4-6-8-18)14(15(20)22-16)17-21-12(3)10-23-17/h10-11,21H,4-8H2,1-3H3,(H2,20,22). The summed E-state index contributed by atoms with van der Waals surface area (Å²) in [4.78, 5) is 4.66. The van der Waals surface area contributed by atoms with Crippen molar-refractivity contribution in [2.24, 2.45) is 16.1 Å². The van der Waals surface area contributed by atoms with Gasteiger partial charge in [-0.2, -0.15) is 5.26 Å². The fourth-order valence-electron chi connectivity index (χ4n) is 3.76. The maximum absolute atomic E-state index is 10.00. The van der Waals surface area contributed by atoms with Crippen molar-refractivity contribution in [3.8, 4) is 6.07 Å². The third-order valence-corrected chi connectivity index (χ3v) is 6.71. The lowest BCUT2D eigenvalue weighted by Gasteiger charge is -2.42. The van der Waals surface area contributed by atoms with Gasteiger partial charge in [-0.25, -0.2) is 4.99 Å². The first-order valence-corrected chi connectivity index (χ1v) is 10.2. The fourth-order valence-corrected chi connectivity index (χ4v) is 5.70. The second-order valence-corrected chi connectivity index (χ2v) is 9.29. The number of nitrogens with one attached hydrogen (secondary N) is 1. The maximum Gasteiger partial charge on any atom is 0.131 e. The molecule has 1 saturated carbocycles. The summed E-state index contributed by atoms with van der Waals surface area (Å²) in [6.07, 6.45) is 5.45. The summed E-state index contributed by atoms with van der Waals surface area (Å²) in [6, 6.07) is 2.51. The molecule has 2 aliphatic heterocycles. The van der Waals surface area contributed by atoms with Gasteiger partial charge >= 0.3 is 0 Å². The molecule has 3 rings (SSSR count). The zero-order valence-corrected chi connectivity index (χ0v) is 16.1. The van der Waals surface area contributed by atoms with E-state index in [-0.39, 0.29) is 5.41 Å². The monoisotopic (exact) mass is 360 g/mol.